The molecule has 1 saturated heterocycles. The van der Waals surface area contributed by atoms with Crippen LogP contribution >= 0.6 is 11.6 Å². The van der Waals surface area contributed by atoms with Crippen molar-refractivity contribution in [2.45, 2.75) is 12.5 Å². The van der Waals surface area contributed by atoms with E-state index in [1.807, 2.05) is 12.1 Å². The fourth-order valence-electron chi connectivity index (χ4n) is 2.36. The third-order valence-corrected chi connectivity index (χ3v) is 3.83. The van der Waals surface area contributed by atoms with Gasteiger partial charge in [-0.15, -0.1) is 6.58 Å². The Morgan fingerprint density at radius 3 is 2.95 bits per heavy atom. The van der Waals surface area contributed by atoms with Crippen molar-refractivity contribution < 1.29 is 9.59 Å². The van der Waals surface area contributed by atoms with Gasteiger partial charge in [-0.2, -0.15) is 0 Å². The van der Waals surface area contributed by atoms with Crippen molar-refractivity contribution in [1.82, 2.24) is 10.2 Å². The Bertz CT molecular complexity index is 562. The van der Waals surface area contributed by atoms with Crippen LogP contribution in [0.3, 0.4) is 0 Å². The first-order chi connectivity index (χ1) is 10.1. The summed E-state index contributed by atoms with van der Waals surface area (Å²) in [5.41, 5.74) is 0.687. The topological polar surface area (TPSA) is 52.7 Å². The van der Waals surface area contributed by atoms with E-state index < -0.39 is 6.04 Å². The Balaban J connectivity index is 2.09. The molecule has 0 aliphatic carbocycles. The molecule has 0 radical (unpaired) electrons. The molecule has 0 saturated carbocycles. The molecule has 1 aliphatic heterocycles. The van der Waals surface area contributed by atoms with Gasteiger partial charge in [0.1, 0.15) is 6.04 Å². The second-order valence-electron chi connectivity index (χ2n) is 4.83. The molecule has 5 nitrogen and oxygen atoms in total. The van der Waals surface area contributed by atoms with E-state index in [2.05, 4.69) is 11.9 Å². The van der Waals surface area contributed by atoms with E-state index in [0.29, 0.717) is 30.2 Å². The number of carbonyl (C=O) groups excluding carboxylic acids is 2. The number of benzene rings is 1. The van der Waals surface area contributed by atoms with Crippen molar-refractivity contribution in [3.8, 4) is 0 Å². The summed E-state index contributed by atoms with van der Waals surface area (Å²) < 4.78 is 0. The summed E-state index contributed by atoms with van der Waals surface area (Å²) in [6, 6.07) is 6.46. The number of urea groups is 1. The quantitative estimate of drug-likeness (QED) is 0.868. The van der Waals surface area contributed by atoms with Gasteiger partial charge in [0.2, 0.25) is 5.91 Å². The van der Waals surface area contributed by atoms with E-state index in [1.165, 1.54) is 4.90 Å². The van der Waals surface area contributed by atoms with Crippen LogP contribution in [0, 0.1) is 0 Å². The lowest BCUT2D eigenvalue weighted by atomic mass is 10.2. The molecule has 0 unspecified atom stereocenters. The molecule has 0 spiro atoms. The molecule has 0 bridgehead atoms. The first-order valence-electron chi connectivity index (χ1n) is 6.73. The minimum Gasteiger partial charge on any atom is -0.335 e. The molecule has 0 aromatic heterocycles. The van der Waals surface area contributed by atoms with E-state index in [0.717, 1.165) is 0 Å². The maximum Gasteiger partial charge on any atom is 0.318 e. The van der Waals surface area contributed by atoms with Crippen molar-refractivity contribution in [3.05, 3.63) is 41.9 Å². The second kappa shape index (κ2) is 6.63. The van der Waals surface area contributed by atoms with Crippen LogP contribution in [0.2, 0.25) is 5.02 Å². The zero-order valence-electron chi connectivity index (χ0n) is 11.9. The van der Waals surface area contributed by atoms with Crippen LogP contribution in [0.5, 0.6) is 0 Å². The standard InChI is InChI=1S/C15H18ClN3O2/c1-3-9-17-15(21)18(2)13-8-10-19(14(13)20)12-7-5-4-6-11(12)16/h3-7,13H,1,8-10H2,2H3,(H,17,21)/t13-/m1/s1. The fourth-order valence-corrected chi connectivity index (χ4v) is 2.60. The molecule has 1 N–H and O–H groups in total. The first kappa shape index (κ1) is 15.4. The summed E-state index contributed by atoms with van der Waals surface area (Å²) in [5.74, 6) is -0.112. The van der Waals surface area contributed by atoms with Crippen molar-refractivity contribution in [3.63, 3.8) is 0 Å². The number of nitrogens with one attached hydrogen (secondary N) is 1. The largest absolute Gasteiger partial charge is 0.335 e. The molecule has 1 atom stereocenters. The van der Waals surface area contributed by atoms with Gasteiger partial charge in [0.25, 0.3) is 0 Å². The van der Waals surface area contributed by atoms with Crippen LogP contribution in [0.15, 0.2) is 36.9 Å². The van der Waals surface area contributed by atoms with Gasteiger partial charge in [-0.3, -0.25) is 4.79 Å². The molecule has 1 aliphatic rings. The van der Waals surface area contributed by atoms with Crippen molar-refractivity contribution in [1.29, 1.82) is 0 Å². The van der Waals surface area contributed by atoms with Gasteiger partial charge in [-0.05, 0) is 18.6 Å². The number of halogens is 1. The highest BCUT2D eigenvalue weighted by Crippen LogP contribution is 2.30. The molecule has 2 rings (SSSR count). The maximum absolute atomic E-state index is 12.5. The zero-order valence-corrected chi connectivity index (χ0v) is 12.6. The number of hydrogen-bond donors (Lipinski definition) is 1. The lowest BCUT2D eigenvalue weighted by Gasteiger charge is -2.24. The van der Waals surface area contributed by atoms with Gasteiger partial charge in [-0.25, -0.2) is 4.79 Å². The number of likely N-dealkylation sites (N-methyl/N-ethyl adjacent to an activating group) is 1. The smallest absolute Gasteiger partial charge is 0.318 e. The number of anilines is 1. The van der Waals surface area contributed by atoms with E-state index in [4.69, 9.17) is 11.6 Å². The third-order valence-electron chi connectivity index (χ3n) is 3.51. The lowest BCUT2D eigenvalue weighted by Crippen LogP contribution is -2.47. The van der Waals surface area contributed by atoms with Crippen molar-refractivity contribution in [2.75, 3.05) is 25.0 Å². The SMILES string of the molecule is C=CCNC(=O)N(C)[C@@H]1CCN(c2ccccc2Cl)C1=O. The third kappa shape index (κ3) is 3.19. The van der Waals surface area contributed by atoms with Crippen LogP contribution in [0.4, 0.5) is 10.5 Å². The number of amides is 3. The average molecular weight is 308 g/mol. The van der Waals surface area contributed by atoms with Gasteiger partial charge in [0.15, 0.2) is 0 Å². The number of carbonyl (C=O) groups is 2. The van der Waals surface area contributed by atoms with Crippen LogP contribution in [0.1, 0.15) is 6.42 Å². The van der Waals surface area contributed by atoms with Crippen LogP contribution in [-0.2, 0) is 4.79 Å². The van der Waals surface area contributed by atoms with Gasteiger partial charge in [-0.1, -0.05) is 29.8 Å². The molecular formula is C15H18ClN3O2. The predicted octanol–water partition coefficient (Wildman–Crippen LogP) is 2.27. The lowest BCUT2D eigenvalue weighted by molar-refractivity contribution is -0.120. The number of rotatable bonds is 4. The highest BCUT2D eigenvalue weighted by atomic mass is 35.5. The fraction of sp³-hybridized carbons (Fsp3) is 0.333. The molecule has 1 fully saturated rings. The molecule has 112 valence electrons. The Labute approximate surface area is 129 Å². The number of hydrogen-bond acceptors (Lipinski definition) is 2. The molecule has 1 aromatic rings. The van der Waals surface area contributed by atoms with Crippen LogP contribution in [-0.4, -0.2) is 43.0 Å². The molecule has 6 heteroatoms. The first-order valence-corrected chi connectivity index (χ1v) is 7.11. The van der Waals surface area contributed by atoms with E-state index in [-0.39, 0.29) is 11.9 Å². The van der Waals surface area contributed by atoms with E-state index in [9.17, 15) is 9.59 Å². The summed E-state index contributed by atoms with van der Waals surface area (Å²) in [6.45, 7) is 4.46. The number of nitrogens with zero attached hydrogens (tertiary/aromatic N) is 2. The molecule has 3 amide bonds. The summed E-state index contributed by atoms with van der Waals surface area (Å²) in [5, 5.41) is 3.20. The van der Waals surface area contributed by atoms with Gasteiger partial charge in [0, 0.05) is 20.1 Å². The van der Waals surface area contributed by atoms with Crippen LogP contribution < -0.4 is 10.2 Å². The van der Waals surface area contributed by atoms with Crippen molar-refractivity contribution in [2.24, 2.45) is 0 Å². The molecular weight excluding hydrogens is 290 g/mol. The average Bonchev–Trinajstić information content (AvgIpc) is 2.86. The monoisotopic (exact) mass is 307 g/mol. The van der Waals surface area contributed by atoms with Gasteiger partial charge >= 0.3 is 6.03 Å². The Morgan fingerprint density at radius 2 is 2.29 bits per heavy atom. The van der Waals surface area contributed by atoms with E-state index in [1.54, 1.807) is 30.2 Å². The minimum atomic E-state index is -0.467. The molecule has 1 heterocycles. The normalized spacial score (nSPS) is 17.7. The summed E-state index contributed by atoms with van der Waals surface area (Å²) >= 11 is 6.13. The Kier molecular flexibility index (Phi) is 4.85. The van der Waals surface area contributed by atoms with E-state index >= 15 is 0 Å². The summed E-state index contributed by atoms with van der Waals surface area (Å²) in [7, 11) is 1.62. The summed E-state index contributed by atoms with van der Waals surface area (Å²) in [4.78, 5) is 27.5. The Morgan fingerprint density at radius 1 is 1.57 bits per heavy atom. The van der Waals surface area contributed by atoms with Gasteiger partial charge in [0.05, 0.1) is 10.7 Å². The maximum atomic E-state index is 12.5. The Hall–Kier alpha value is -2.01. The highest BCUT2D eigenvalue weighted by molar-refractivity contribution is 6.34. The summed E-state index contributed by atoms with van der Waals surface area (Å²) in [6.07, 6.45) is 2.18. The number of para-hydroxylation sites is 1. The van der Waals surface area contributed by atoms with Crippen molar-refractivity contribution >= 4 is 29.2 Å². The minimum absolute atomic E-state index is 0.112. The van der Waals surface area contributed by atoms with Gasteiger partial charge < -0.3 is 15.1 Å². The second-order valence-corrected chi connectivity index (χ2v) is 5.24. The zero-order chi connectivity index (χ0) is 15.4. The molecule has 21 heavy (non-hydrogen) atoms. The van der Waals surface area contributed by atoms with Crippen LogP contribution in [0.25, 0.3) is 0 Å². The predicted molar refractivity (Wildman–Crippen MR) is 83.6 cm³/mol. The highest BCUT2D eigenvalue weighted by Gasteiger charge is 2.37. The molecule has 1 aromatic carbocycles.